The van der Waals surface area contributed by atoms with Gasteiger partial charge >= 0.3 is 0 Å². The van der Waals surface area contributed by atoms with Gasteiger partial charge < -0.3 is 14.7 Å². The first-order valence-electron chi connectivity index (χ1n) is 9.72. The van der Waals surface area contributed by atoms with Gasteiger partial charge in [0, 0.05) is 18.8 Å². The molecule has 3 heterocycles. The molecular formula is C21H21N5O3. The summed E-state index contributed by atoms with van der Waals surface area (Å²) < 4.78 is 6.11. The Morgan fingerprint density at radius 1 is 1.14 bits per heavy atom. The van der Waals surface area contributed by atoms with Crippen LogP contribution in [0, 0.1) is 5.92 Å². The molecule has 8 nitrogen and oxygen atoms in total. The number of amides is 1. The molecule has 0 radical (unpaired) electrons. The van der Waals surface area contributed by atoms with E-state index >= 15 is 0 Å². The maximum atomic E-state index is 13.4. The third-order valence-corrected chi connectivity index (χ3v) is 5.71. The third-order valence-electron chi connectivity index (χ3n) is 5.71. The number of aliphatic hydroxyl groups excluding tert-OH is 1. The Morgan fingerprint density at radius 2 is 1.97 bits per heavy atom. The molecule has 2 aromatic heterocycles. The zero-order chi connectivity index (χ0) is 19.8. The SMILES string of the molecule is O=C(c1ccccc1-n1nccn1)N1C[C@H]2C[C@@H](Oc3ccc(CO)cn3)[C@@H]1C2. The van der Waals surface area contributed by atoms with E-state index in [1.165, 1.54) is 4.80 Å². The van der Waals surface area contributed by atoms with Gasteiger partial charge in [0.15, 0.2) is 0 Å². The van der Waals surface area contributed by atoms with E-state index in [0.29, 0.717) is 23.0 Å². The average Bonchev–Trinajstić information content (AvgIpc) is 3.51. The van der Waals surface area contributed by atoms with E-state index in [4.69, 9.17) is 9.84 Å². The number of piperidine rings is 1. The highest BCUT2D eigenvalue weighted by Gasteiger charge is 2.48. The van der Waals surface area contributed by atoms with Crippen LogP contribution in [-0.4, -0.2) is 54.6 Å². The Hall–Kier alpha value is -3.26. The second-order valence-electron chi connectivity index (χ2n) is 7.52. The number of nitrogens with zero attached hydrogens (tertiary/aromatic N) is 5. The number of carbonyl (C=O) groups excluding carboxylic acids is 1. The average molecular weight is 391 g/mol. The van der Waals surface area contributed by atoms with Gasteiger partial charge in [-0.1, -0.05) is 12.1 Å². The summed E-state index contributed by atoms with van der Waals surface area (Å²) in [4.78, 5) is 21.1. The molecule has 0 unspecified atom stereocenters. The van der Waals surface area contributed by atoms with E-state index in [0.717, 1.165) is 24.9 Å². The van der Waals surface area contributed by atoms with Gasteiger partial charge in [0.2, 0.25) is 5.88 Å². The van der Waals surface area contributed by atoms with Crippen molar-refractivity contribution < 1.29 is 14.6 Å². The topological polar surface area (TPSA) is 93.4 Å². The van der Waals surface area contributed by atoms with Crippen molar-refractivity contribution in [1.29, 1.82) is 0 Å². The van der Waals surface area contributed by atoms with Gasteiger partial charge in [-0.25, -0.2) is 4.98 Å². The molecule has 1 aliphatic heterocycles. The lowest BCUT2D eigenvalue weighted by Gasteiger charge is -2.33. The lowest BCUT2D eigenvalue weighted by atomic mass is 10.1. The smallest absolute Gasteiger partial charge is 0.256 e. The molecule has 0 spiro atoms. The number of hydrogen-bond donors (Lipinski definition) is 1. The second-order valence-corrected chi connectivity index (χ2v) is 7.52. The van der Waals surface area contributed by atoms with Crippen LogP contribution in [0.15, 0.2) is 55.0 Å². The Morgan fingerprint density at radius 3 is 2.69 bits per heavy atom. The van der Waals surface area contributed by atoms with Crippen LogP contribution in [0.2, 0.25) is 0 Å². The van der Waals surface area contributed by atoms with E-state index in [1.54, 1.807) is 30.7 Å². The van der Waals surface area contributed by atoms with Crippen molar-refractivity contribution in [3.63, 3.8) is 0 Å². The first-order chi connectivity index (χ1) is 14.2. The molecular weight excluding hydrogens is 370 g/mol. The molecule has 2 fully saturated rings. The summed E-state index contributed by atoms with van der Waals surface area (Å²) in [5, 5.41) is 17.5. The van der Waals surface area contributed by atoms with Gasteiger partial charge in [-0.3, -0.25) is 4.79 Å². The molecule has 3 aromatic rings. The lowest BCUT2D eigenvalue weighted by Crippen LogP contribution is -2.47. The van der Waals surface area contributed by atoms with Gasteiger partial charge in [-0.05, 0) is 42.5 Å². The van der Waals surface area contributed by atoms with Crippen LogP contribution in [0.4, 0.5) is 0 Å². The second kappa shape index (κ2) is 7.29. The van der Waals surface area contributed by atoms with Crippen LogP contribution in [-0.2, 0) is 6.61 Å². The Bertz CT molecular complexity index is 1010. The summed E-state index contributed by atoms with van der Waals surface area (Å²) in [7, 11) is 0. The number of aliphatic hydroxyl groups is 1. The summed E-state index contributed by atoms with van der Waals surface area (Å²) in [5.41, 5.74) is 2.00. The van der Waals surface area contributed by atoms with Crippen LogP contribution in [0.3, 0.4) is 0 Å². The number of hydrogen-bond acceptors (Lipinski definition) is 6. The quantitative estimate of drug-likeness (QED) is 0.713. The molecule has 1 aromatic carbocycles. The van der Waals surface area contributed by atoms with Crippen molar-refractivity contribution in [1.82, 2.24) is 24.9 Å². The van der Waals surface area contributed by atoms with Crippen LogP contribution in [0.5, 0.6) is 5.88 Å². The number of benzene rings is 1. The zero-order valence-corrected chi connectivity index (χ0v) is 15.8. The minimum absolute atomic E-state index is 0.0189. The number of para-hydroxylation sites is 1. The fourth-order valence-corrected chi connectivity index (χ4v) is 4.38. The predicted octanol–water partition coefficient (Wildman–Crippen LogP) is 1.84. The first-order valence-corrected chi connectivity index (χ1v) is 9.72. The molecule has 1 N–H and O–H groups in total. The maximum Gasteiger partial charge on any atom is 0.256 e. The van der Waals surface area contributed by atoms with Crippen molar-refractivity contribution in [3.05, 3.63) is 66.1 Å². The highest BCUT2D eigenvalue weighted by Crippen LogP contribution is 2.40. The molecule has 1 saturated carbocycles. The molecule has 29 heavy (non-hydrogen) atoms. The Labute approximate surface area is 167 Å². The van der Waals surface area contributed by atoms with Crippen molar-refractivity contribution in [2.24, 2.45) is 5.92 Å². The van der Waals surface area contributed by atoms with E-state index in [-0.39, 0.29) is 24.7 Å². The summed E-state index contributed by atoms with van der Waals surface area (Å²) in [6.45, 7) is 0.690. The molecule has 1 aliphatic carbocycles. The number of aromatic nitrogens is 4. The van der Waals surface area contributed by atoms with E-state index < -0.39 is 0 Å². The van der Waals surface area contributed by atoms with E-state index in [2.05, 4.69) is 15.2 Å². The van der Waals surface area contributed by atoms with Crippen LogP contribution in [0.1, 0.15) is 28.8 Å². The van der Waals surface area contributed by atoms with E-state index in [9.17, 15) is 4.79 Å². The summed E-state index contributed by atoms with van der Waals surface area (Å²) >= 11 is 0. The lowest BCUT2D eigenvalue weighted by molar-refractivity contribution is 0.0466. The molecule has 3 atom stereocenters. The molecule has 8 heteroatoms. The number of rotatable bonds is 5. The van der Waals surface area contributed by atoms with Gasteiger partial charge in [0.25, 0.3) is 5.91 Å². The highest BCUT2D eigenvalue weighted by molar-refractivity contribution is 5.98. The van der Waals surface area contributed by atoms with E-state index in [1.807, 2.05) is 29.2 Å². The number of ether oxygens (including phenoxy) is 1. The predicted molar refractivity (Wildman–Crippen MR) is 103 cm³/mol. The first kappa shape index (κ1) is 17.8. The van der Waals surface area contributed by atoms with Crippen LogP contribution >= 0.6 is 0 Å². The summed E-state index contributed by atoms with van der Waals surface area (Å²) in [6, 6.07) is 11.0. The highest BCUT2D eigenvalue weighted by atomic mass is 16.5. The molecule has 148 valence electrons. The number of likely N-dealkylation sites (tertiary alicyclic amines) is 1. The Kier molecular flexibility index (Phi) is 4.48. The van der Waals surface area contributed by atoms with Crippen LogP contribution in [0.25, 0.3) is 5.69 Å². The third kappa shape index (κ3) is 3.25. The minimum atomic E-state index is -0.0832. The summed E-state index contributed by atoms with van der Waals surface area (Å²) in [5.74, 6) is 0.927. The molecule has 2 aliphatic rings. The number of pyridine rings is 1. The fourth-order valence-electron chi connectivity index (χ4n) is 4.38. The zero-order valence-electron chi connectivity index (χ0n) is 15.8. The van der Waals surface area contributed by atoms with Gasteiger partial charge in [0.05, 0.1) is 36.3 Å². The molecule has 1 saturated heterocycles. The normalized spacial score (nSPS) is 22.8. The largest absolute Gasteiger partial charge is 0.472 e. The van der Waals surface area contributed by atoms with Gasteiger partial charge in [0.1, 0.15) is 6.10 Å². The van der Waals surface area contributed by atoms with Gasteiger partial charge in [-0.2, -0.15) is 15.0 Å². The summed E-state index contributed by atoms with van der Waals surface area (Å²) in [6.07, 6.45) is 6.57. The number of fused-ring (bicyclic) bond motifs is 2. The standard InChI is InChI=1S/C21H21N5O3/c27-13-14-5-6-20(22-11-14)29-19-10-15-9-18(19)25(12-15)21(28)16-3-1-2-4-17(16)26-23-7-8-24-26/h1-8,11,15,18-19,27H,9-10,12-13H2/t15-,18+,19-/m1/s1. The monoisotopic (exact) mass is 391 g/mol. The van der Waals surface area contributed by atoms with Crippen molar-refractivity contribution in [2.75, 3.05) is 6.54 Å². The minimum Gasteiger partial charge on any atom is -0.472 e. The van der Waals surface area contributed by atoms with Crippen molar-refractivity contribution in [3.8, 4) is 11.6 Å². The molecule has 2 bridgehead atoms. The number of carbonyl (C=O) groups is 1. The molecule has 5 rings (SSSR count). The fraction of sp³-hybridized carbons (Fsp3) is 0.333. The van der Waals surface area contributed by atoms with Crippen LogP contribution < -0.4 is 4.74 Å². The van der Waals surface area contributed by atoms with Gasteiger partial charge in [-0.15, -0.1) is 0 Å². The Balaban J connectivity index is 1.37. The van der Waals surface area contributed by atoms with Crippen molar-refractivity contribution >= 4 is 5.91 Å². The molecule has 1 amide bonds. The maximum absolute atomic E-state index is 13.4. The van der Waals surface area contributed by atoms with Crippen molar-refractivity contribution in [2.45, 2.75) is 31.6 Å².